The largest absolute Gasteiger partial charge is 0.466 e. The Kier molecular flexibility index (Phi) is 4.05. The Hall–Kier alpha value is -0.950. The Balaban J connectivity index is 1.86. The molecule has 1 spiro atoms. The van der Waals surface area contributed by atoms with Gasteiger partial charge in [0.25, 0.3) is 0 Å². The maximum absolute atomic E-state index is 11.9. The first-order valence-electron chi connectivity index (χ1n) is 7.47. The average molecular weight is 298 g/mol. The van der Waals surface area contributed by atoms with E-state index >= 15 is 0 Å². The van der Waals surface area contributed by atoms with Crippen molar-refractivity contribution in [1.82, 2.24) is 0 Å². The monoisotopic (exact) mass is 298 g/mol. The molecule has 1 saturated carbocycles. The summed E-state index contributed by atoms with van der Waals surface area (Å²) in [5.74, 6) is -1.14. The minimum atomic E-state index is -0.892. The first kappa shape index (κ1) is 15.0. The van der Waals surface area contributed by atoms with Crippen molar-refractivity contribution in [3.05, 3.63) is 11.6 Å². The molecular formula is C15H22O6. The first-order chi connectivity index (χ1) is 10.1. The van der Waals surface area contributed by atoms with Crippen molar-refractivity contribution < 1.29 is 28.8 Å². The highest BCUT2D eigenvalue weighted by Crippen LogP contribution is 2.45. The van der Waals surface area contributed by atoms with Crippen LogP contribution in [0.2, 0.25) is 0 Å². The molecule has 0 bridgehead atoms. The smallest absolute Gasteiger partial charge is 0.336 e. The second-order valence-electron chi connectivity index (χ2n) is 5.90. The summed E-state index contributed by atoms with van der Waals surface area (Å²) in [5, 5.41) is 10.3. The summed E-state index contributed by atoms with van der Waals surface area (Å²) in [6.07, 6.45) is 3.91. The lowest BCUT2D eigenvalue weighted by Gasteiger charge is -2.33. The highest BCUT2D eigenvalue weighted by Gasteiger charge is 2.56. The molecule has 0 radical (unpaired) electrons. The Morgan fingerprint density at radius 1 is 1.24 bits per heavy atom. The molecule has 6 heteroatoms. The number of hydrogen-bond donors (Lipinski definition) is 1. The van der Waals surface area contributed by atoms with Crippen LogP contribution >= 0.6 is 0 Å². The summed E-state index contributed by atoms with van der Waals surface area (Å²) in [6.45, 7) is 0. The second-order valence-corrected chi connectivity index (χ2v) is 5.90. The van der Waals surface area contributed by atoms with Crippen LogP contribution in [0.4, 0.5) is 0 Å². The van der Waals surface area contributed by atoms with Gasteiger partial charge in [0, 0.05) is 20.0 Å². The molecule has 3 aliphatic rings. The van der Waals surface area contributed by atoms with Gasteiger partial charge in [-0.1, -0.05) is 6.42 Å². The van der Waals surface area contributed by atoms with Crippen molar-refractivity contribution in [2.24, 2.45) is 0 Å². The molecule has 1 N–H and O–H groups in total. The minimum absolute atomic E-state index is 0.296. The van der Waals surface area contributed by atoms with Crippen LogP contribution in [-0.4, -0.2) is 55.5 Å². The molecule has 0 aromatic rings. The van der Waals surface area contributed by atoms with Crippen LogP contribution in [0.5, 0.6) is 0 Å². The van der Waals surface area contributed by atoms with Crippen LogP contribution in [0.3, 0.4) is 0 Å². The molecule has 21 heavy (non-hydrogen) atoms. The Morgan fingerprint density at radius 3 is 2.52 bits per heavy atom. The lowest BCUT2D eigenvalue weighted by molar-refractivity contribution is -0.202. The van der Waals surface area contributed by atoms with E-state index in [1.807, 2.05) is 0 Å². The van der Waals surface area contributed by atoms with Crippen molar-refractivity contribution >= 4 is 5.97 Å². The minimum Gasteiger partial charge on any atom is -0.466 e. The summed E-state index contributed by atoms with van der Waals surface area (Å²) in [6, 6.07) is 0. The van der Waals surface area contributed by atoms with E-state index in [4.69, 9.17) is 18.9 Å². The lowest BCUT2D eigenvalue weighted by Crippen LogP contribution is -2.49. The standard InChI is InChI=1S/C15H22O6/c1-18-11-9(14(17)19-2)8-10(16)12-13(11)21-15(20-12)6-4-3-5-7-15/h8,10-13,16H,3-7H2,1-2H3/t10-,11-,12-,13+/m1/s1. The maximum Gasteiger partial charge on any atom is 0.336 e. The van der Waals surface area contributed by atoms with Crippen LogP contribution in [0.1, 0.15) is 32.1 Å². The maximum atomic E-state index is 11.9. The Labute approximate surface area is 124 Å². The molecule has 0 unspecified atom stereocenters. The van der Waals surface area contributed by atoms with Gasteiger partial charge in [-0.15, -0.1) is 0 Å². The van der Waals surface area contributed by atoms with Crippen molar-refractivity contribution in [1.29, 1.82) is 0 Å². The van der Waals surface area contributed by atoms with Gasteiger partial charge in [-0.2, -0.15) is 0 Å². The van der Waals surface area contributed by atoms with Crippen molar-refractivity contribution in [2.75, 3.05) is 14.2 Å². The number of fused-ring (bicyclic) bond motifs is 1. The summed E-state index contributed by atoms with van der Waals surface area (Å²) >= 11 is 0. The Morgan fingerprint density at radius 2 is 1.90 bits per heavy atom. The van der Waals surface area contributed by atoms with E-state index in [0.717, 1.165) is 25.7 Å². The third kappa shape index (κ3) is 2.50. The van der Waals surface area contributed by atoms with Gasteiger partial charge in [0.15, 0.2) is 5.79 Å². The van der Waals surface area contributed by atoms with Gasteiger partial charge < -0.3 is 24.1 Å². The van der Waals surface area contributed by atoms with Crippen LogP contribution in [0.15, 0.2) is 11.6 Å². The molecule has 0 aromatic heterocycles. The van der Waals surface area contributed by atoms with E-state index in [0.29, 0.717) is 5.57 Å². The zero-order valence-corrected chi connectivity index (χ0v) is 12.4. The SMILES string of the molecule is COC(=O)C1=C[C@@H](O)[C@H]2OC3(CCCCC3)O[C@H]2[C@@H]1OC. The van der Waals surface area contributed by atoms with Gasteiger partial charge in [-0.05, 0) is 18.9 Å². The predicted molar refractivity (Wildman–Crippen MR) is 72.5 cm³/mol. The zero-order valence-electron chi connectivity index (χ0n) is 12.4. The number of aliphatic hydroxyl groups excluding tert-OH is 1. The number of esters is 1. The van der Waals surface area contributed by atoms with Crippen LogP contribution in [0, 0.1) is 0 Å². The topological polar surface area (TPSA) is 74.2 Å². The van der Waals surface area contributed by atoms with E-state index < -0.39 is 36.2 Å². The number of carbonyl (C=O) groups excluding carboxylic acids is 1. The molecule has 4 atom stereocenters. The van der Waals surface area contributed by atoms with Crippen LogP contribution < -0.4 is 0 Å². The number of aliphatic hydroxyl groups is 1. The van der Waals surface area contributed by atoms with E-state index in [1.54, 1.807) is 0 Å². The number of ether oxygens (including phenoxy) is 4. The van der Waals surface area contributed by atoms with Crippen molar-refractivity contribution in [3.63, 3.8) is 0 Å². The first-order valence-corrected chi connectivity index (χ1v) is 7.47. The summed E-state index contributed by atoms with van der Waals surface area (Å²) < 4.78 is 22.4. The molecule has 1 saturated heterocycles. The second kappa shape index (κ2) is 5.68. The fourth-order valence-corrected chi connectivity index (χ4v) is 3.60. The highest BCUT2D eigenvalue weighted by molar-refractivity contribution is 5.90. The van der Waals surface area contributed by atoms with Crippen LogP contribution in [0.25, 0.3) is 0 Å². The van der Waals surface area contributed by atoms with Crippen molar-refractivity contribution in [2.45, 2.75) is 62.3 Å². The molecule has 2 fully saturated rings. The van der Waals surface area contributed by atoms with E-state index in [-0.39, 0.29) is 0 Å². The van der Waals surface area contributed by atoms with Gasteiger partial charge in [-0.3, -0.25) is 0 Å². The quantitative estimate of drug-likeness (QED) is 0.764. The molecule has 118 valence electrons. The average Bonchev–Trinajstić information content (AvgIpc) is 2.86. The van der Waals surface area contributed by atoms with Gasteiger partial charge in [0.1, 0.15) is 24.4 Å². The van der Waals surface area contributed by atoms with Gasteiger partial charge in [0.05, 0.1) is 12.7 Å². The summed E-state index contributed by atoms with van der Waals surface area (Å²) in [4.78, 5) is 11.9. The fourth-order valence-electron chi connectivity index (χ4n) is 3.60. The van der Waals surface area contributed by atoms with Gasteiger partial charge >= 0.3 is 5.97 Å². The highest BCUT2D eigenvalue weighted by atomic mass is 16.8. The predicted octanol–water partition coefficient (Wildman–Crippen LogP) is 0.920. The van der Waals surface area contributed by atoms with E-state index in [1.165, 1.54) is 26.7 Å². The van der Waals surface area contributed by atoms with E-state index in [2.05, 4.69) is 0 Å². The lowest BCUT2D eigenvalue weighted by atomic mass is 9.89. The van der Waals surface area contributed by atoms with Crippen LogP contribution in [-0.2, 0) is 23.7 Å². The Bertz CT molecular complexity index is 439. The summed E-state index contributed by atoms with van der Waals surface area (Å²) in [7, 11) is 2.83. The molecule has 2 aliphatic carbocycles. The molecular weight excluding hydrogens is 276 g/mol. The third-order valence-electron chi connectivity index (χ3n) is 4.61. The fraction of sp³-hybridized carbons (Fsp3) is 0.800. The van der Waals surface area contributed by atoms with Gasteiger partial charge in [0.2, 0.25) is 0 Å². The number of carbonyl (C=O) groups is 1. The number of hydrogen-bond acceptors (Lipinski definition) is 6. The molecule has 1 heterocycles. The molecule has 3 rings (SSSR count). The van der Waals surface area contributed by atoms with Gasteiger partial charge in [-0.25, -0.2) is 4.79 Å². The molecule has 6 nitrogen and oxygen atoms in total. The number of methoxy groups -OCH3 is 2. The third-order valence-corrected chi connectivity index (χ3v) is 4.61. The summed E-state index contributed by atoms with van der Waals surface area (Å²) in [5.41, 5.74) is 0.296. The molecule has 0 aromatic carbocycles. The van der Waals surface area contributed by atoms with Crippen molar-refractivity contribution in [3.8, 4) is 0 Å². The zero-order chi connectivity index (χ0) is 15.0. The molecule has 1 aliphatic heterocycles. The number of rotatable bonds is 2. The molecule has 0 amide bonds. The van der Waals surface area contributed by atoms with E-state index in [9.17, 15) is 9.90 Å². The normalized spacial score (nSPS) is 38.0.